The second-order valence-electron chi connectivity index (χ2n) is 1.96. The zero-order valence-electron chi connectivity index (χ0n) is 4.69. The largest absolute Gasteiger partial charge is 0.368 e. The number of hydrogen-bond donors (Lipinski definition) is 0. The van der Waals surface area contributed by atoms with Gasteiger partial charge in [-0.25, -0.2) is 0 Å². The van der Waals surface area contributed by atoms with Gasteiger partial charge in [-0.05, 0) is 12.8 Å². The van der Waals surface area contributed by atoms with E-state index in [1.807, 2.05) is 0 Å². The van der Waals surface area contributed by atoms with Crippen LogP contribution in [0.2, 0.25) is 0 Å². The molecule has 1 fully saturated rings. The molecule has 1 aliphatic rings. The number of ether oxygens (including phenoxy) is 1. The molecule has 1 atom stereocenters. The van der Waals surface area contributed by atoms with Gasteiger partial charge in [0.2, 0.25) is 0 Å². The molecule has 46 valence electrons. The Bertz CT molecular complexity index is 59.5. The average Bonchev–Trinajstić information content (AvgIpc) is 1.90. The van der Waals surface area contributed by atoms with Crippen molar-refractivity contribution in [1.29, 1.82) is 0 Å². The molecule has 2 radical (unpaired) electrons. The van der Waals surface area contributed by atoms with Gasteiger partial charge in [0.25, 0.3) is 0 Å². The molecule has 1 saturated heterocycles. The Kier molecular flexibility index (Phi) is 2.64. The van der Waals surface area contributed by atoms with E-state index < -0.39 is 0 Å². The highest BCUT2D eigenvalue weighted by Crippen LogP contribution is 2.17. The van der Waals surface area contributed by atoms with E-state index in [2.05, 4.69) is 6.61 Å². The van der Waals surface area contributed by atoms with Crippen LogP contribution in [0.1, 0.15) is 12.8 Å². The van der Waals surface area contributed by atoms with Crippen LogP contribution in [0.15, 0.2) is 0 Å². The molecule has 1 rings (SSSR count). The number of alkyl halides is 1. The quantitative estimate of drug-likeness (QED) is 0.494. The van der Waals surface area contributed by atoms with Gasteiger partial charge in [0.1, 0.15) is 6.61 Å². The molecule has 0 spiro atoms. The molecule has 1 heterocycles. The molecule has 0 aliphatic carbocycles. The Labute approximate surface area is 55.0 Å². The van der Waals surface area contributed by atoms with Gasteiger partial charge >= 0.3 is 0 Å². The van der Waals surface area contributed by atoms with Gasteiger partial charge in [-0.2, -0.15) is 0 Å². The average molecular weight is 133 g/mol. The van der Waals surface area contributed by atoms with Gasteiger partial charge < -0.3 is 4.74 Å². The van der Waals surface area contributed by atoms with Crippen LogP contribution >= 0.6 is 11.6 Å². The van der Waals surface area contributed by atoms with Crippen molar-refractivity contribution in [2.24, 2.45) is 5.92 Å². The summed E-state index contributed by atoms with van der Waals surface area (Å²) in [5.74, 6) is 1.03. The molecule has 0 N–H and O–H groups in total. The summed E-state index contributed by atoms with van der Waals surface area (Å²) in [5, 5.41) is 0. The Balaban J connectivity index is 2.13. The van der Waals surface area contributed by atoms with Crippen LogP contribution in [0.3, 0.4) is 0 Å². The SMILES string of the molecule is ClCC1[C]OCCC1. The topological polar surface area (TPSA) is 9.23 Å². The van der Waals surface area contributed by atoms with E-state index >= 15 is 0 Å². The fourth-order valence-corrected chi connectivity index (χ4v) is 0.964. The minimum absolute atomic E-state index is 0.380. The Morgan fingerprint density at radius 2 is 2.62 bits per heavy atom. The molecule has 8 heavy (non-hydrogen) atoms. The maximum absolute atomic E-state index is 5.54. The lowest BCUT2D eigenvalue weighted by atomic mass is 10.1. The van der Waals surface area contributed by atoms with E-state index in [1.54, 1.807) is 0 Å². The third kappa shape index (κ3) is 1.64. The van der Waals surface area contributed by atoms with E-state index in [9.17, 15) is 0 Å². The van der Waals surface area contributed by atoms with Crippen LogP contribution in [0, 0.1) is 12.5 Å². The Morgan fingerprint density at radius 1 is 1.75 bits per heavy atom. The van der Waals surface area contributed by atoms with Crippen LogP contribution in [0.5, 0.6) is 0 Å². The molecule has 1 nitrogen and oxygen atoms in total. The molecular weight excluding hydrogens is 124 g/mol. The minimum Gasteiger partial charge on any atom is -0.368 e. The van der Waals surface area contributed by atoms with Crippen molar-refractivity contribution in [3.8, 4) is 0 Å². The normalized spacial score (nSPS) is 30.4. The van der Waals surface area contributed by atoms with E-state index in [4.69, 9.17) is 16.3 Å². The number of hydrogen-bond acceptors (Lipinski definition) is 1. The molecule has 0 saturated carbocycles. The first-order chi connectivity index (χ1) is 3.93. The highest BCUT2D eigenvalue weighted by molar-refractivity contribution is 6.18. The predicted molar refractivity (Wildman–Crippen MR) is 32.6 cm³/mol. The molecule has 0 aromatic heterocycles. The molecule has 2 heteroatoms. The zero-order chi connectivity index (χ0) is 5.82. The van der Waals surface area contributed by atoms with Crippen molar-refractivity contribution in [2.45, 2.75) is 12.8 Å². The third-order valence-electron chi connectivity index (χ3n) is 1.24. The highest BCUT2D eigenvalue weighted by atomic mass is 35.5. The highest BCUT2D eigenvalue weighted by Gasteiger charge is 2.12. The van der Waals surface area contributed by atoms with E-state index in [1.165, 1.54) is 0 Å². The summed E-state index contributed by atoms with van der Waals surface area (Å²) >= 11 is 5.54. The van der Waals surface area contributed by atoms with Crippen molar-refractivity contribution in [3.63, 3.8) is 0 Å². The summed E-state index contributed by atoms with van der Waals surface area (Å²) in [5.41, 5.74) is 0. The van der Waals surface area contributed by atoms with Crippen molar-refractivity contribution in [1.82, 2.24) is 0 Å². The van der Waals surface area contributed by atoms with Gasteiger partial charge in [0.15, 0.2) is 0 Å². The second-order valence-corrected chi connectivity index (χ2v) is 2.27. The molecule has 0 aromatic rings. The van der Waals surface area contributed by atoms with Gasteiger partial charge in [0.05, 0.1) is 0 Å². The van der Waals surface area contributed by atoms with Crippen LogP contribution in [-0.2, 0) is 4.74 Å². The molecule has 0 amide bonds. The van der Waals surface area contributed by atoms with Crippen molar-refractivity contribution in [2.75, 3.05) is 12.5 Å². The smallest absolute Gasteiger partial charge is 0.136 e. The van der Waals surface area contributed by atoms with Gasteiger partial charge in [-0.3, -0.25) is 0 Å². The summed E-state index contributed by atoms with van der Waals surface area (Å²) in [7, 11) is 0. The molecule has 1 unspecified atom stereocenters. The van der Waals surface area contributed by atoms with Crippen LogP contribution in [-0.4, -0.2) is 12.5 Å². The lowest BCUT2D eigenvalue weighted by Gasteiger charge is -2.17. The van der Waals surface area contributed by atoms with Crippen molar-refractivity contribution >= 4 is 11.6 Å². The van der Waals surface area contributed by atoms with Gasteiger partial charge in [-0.1, -0.05) is 0 Å². The van der Waals surface area contributed by atoms with Crippen LogP contribution in [0.4, 0.5) is 0 Å². The lowest BCUT2D eigenvalue weighted by Crippen LogP contribution is -2.13. The summed E-state index contributed by atoms with van der Waals surface area (Å²) in [4.78, 5) is 0. The molecule has 1 aliphatic heterocycles. The summed E-state index contributed by atoms with van der Waals surface area (Å²) < 4.78 is 4.94. The summed E-state index contributed by atoms with van der Waals surface area (Å²) in [6.45, 7) is 3.66. The Morgan fingerprint density at radius 3 is 3.00 bits per heavy atom. The van der Waals surface area contributed by atoms with E-state index in [0.29, 0.717) is 11.8 Å². The molecule has 0 aromatic carbocycles. The first-order valence-electron chi connectivity index (χ1n) is 2.87. The monoisotopic (exact) mass is 132 g/mol. The van der Waals surface area contributed by atoms with Crippen molar-refractivity contribution < 1.29 is 4.74 Å². The summed E-state index contributed by atoms with van der Waals surface area (Å²) in [6.07, 6.45) is 2.27. The molecule has 0 bridgehead atoms. The first kappa shape index (κ1) is 6.37. The standard InChI is InChI=1S/C6H9ClO/c7-4-6-2-1-3-8-5-6/h6H,1-4H2. The fourth-order valence-electron chi connectivity index (χ4n) is 0.746. The maximum Gasteiger partial charge on any atom is 0.136 e. The number of rotatable bonds is 1. The zero-order valence-corrected chi connectivity index (χ0v) is 5.45. The van der Waals surface area contributed by atoms with E-state index in [-0.39, 0.29) is 0 Å². The summed E-state index contributed by atoms with van der Waals surface area (Å²) in [6, 6.07) is 0. The predicted octanol–water partition coefficient (Wildman–Crippen LogP) is 1.69. The maximum atomic E-state index is 5.54. The first-order valence-corrected chi connectivity index (χ1v) is 3.40. The molecular formula is C6H9ClO. The van der Waals surface area contributed by atoms with Crippen LogP contribution < -0.4 is 0 Å². The Hall–Kier alpha value is 0.250. The lowest BCUT2D eigenvalue weighted by molar-refractivity contribution is 0.124. The second kappa shape index (κ2) is 3.31. The number of halogens is 1. The van der Waals surface area contributed by atoms with Gasteiger partial charge in [0, 0.05) is 18.4 Å². The van der Waals surface area contributed by atoms with Crippen molar-refractivity contribution in [3.05, 3.63) is 6.61 Å². The van der Waals surface area contributed by atoms with E-state index in [0.717, 1.165) is 19.4 Å². The third-order valence-corrected chi connectivity index (χ3v) is 1.61. The van der Waals surface area contributed by atoms with Crippen LogP contribution in [0.25, 0.3) is 0 Å². The fraction of sp³-hybridized carbons (Fsp3) is 0.833. The van der Waals surface area contributed by atoms with Gasteiger partial charge in [-0.15, -0.1) is 11.6 Å². The minimum atomic E-state index is 0.380.